The third kappa shape index (κ3) is 3.89. The molecule has 0 radical (unpaired) electrons. The van der Waals surface area contributed by atoms with Gasteiger partial charge in [0.05, 0.1) is 11.1 Å². The summed E-state index contributed by atoms with van der Waals surface area (Å²) in [5.74, 6) is -2.76. The second-order valence-corrected chi connectivity index (χ2v) is 9.06. The molecule has 158 valence electrons. The molecular formula is C19H17ClN2O7S. The largest absolute Gasteiger partial charge is 0.478 e. The van der Waals surface area contributed by atoms with Gasteiger partial charge < -0.3 is 9.57 Å². The van der Waals surface area contributed by atoms with E-state index in [-0.39, 0.29) is 26.8 Å². The third-order valence-electron chi connectivity index (χ3n) is 4.24. The van der Waals surface area contributed by atoms with Gasteiger partial charge in [-0.3, -0.25) is 9.59 Å². The number of fused-ring (bicyclic) bond motifs is 1. The van der Waals surface area contributed by atoms with Crippen LogP contribution in [0.4, 0.5) is 0 Å². The number of benzene rings is 2. The van der Waals surface area contributed by atoms with Gasteiger partial charge >= 0.3 is 5.97 Å². The van der Waals surface area contributed by atoms with Crippen LogP contribution in [0.5, 0.6) is 5.75 Å². The summed E-state index contributed by atoms with van der Waals surface area (Å²) in [7, 11) is -1.26. The van der Waals surface area contributed by atoms with Crippen molar-refractivity contribution in [2.45, 2.75) is 17.9 Å². The fourth-order valence-corrected chi connectivity index (χ4v) is 3.91. The Bertz CT molecular complexity index is 1110. The zero-order chi connectivity index (χ0) is 22.2. The highest BCUT2D eigenvalue weighted by molar-refractivity contribution is 7.89. The molecule has 0 spiro atoms. The number of sulfonamides is 1. The molecule has 1 aliphatic rings. The number of hydrogen-bond acceptors (Lipinski definition) is 7. The van der Waals surface area contributed by atoms with Crippen molar-refractivity contribution in [2.75, 3.05) is 14.1 Å². The van der Waals surface area contributed by atoms with E-state index in [1.54, 1.807) is 12.1 Å². The number of hydrogen-bond donors (Lipinski definition) is 0. The van der Waals surface area contributed by atoms with Crippen LogP contribution >= 0.6 is 11.6 Å². The van der Waals surface area contributed by atoms with Crippen molar-refractivity contribution in [1.82, 2.24) is 9.37 Å². The Balaban J connectivity index is 1.80. The maximum Gasteiger partial charge on any atom is 0.373 e. The fourth-order valence-electron chi connectivity index (χ4n) is 2.63. The van der Waals surface area contributed by atoms with E-state index in [2.05, 4.69) is 0 Å². The summed E-state index contributed by atoms with van der Waals surface area (Å²) in [5.41, 5.74) is 0.224. The molecule has 1 aliphatic heterocycles. The lowest BCUT2D eigenvalue weighted by atomic mass is 10.1. The molecule has 2 amide bonds. The molecule has 1 unspecified atom stereocenters. The van der Waals surface area contributed by atoms with E-state index < -0.39 is 33.9 Å². The molecule has 0 saturated carbocycles. The van der Waals surface area contributed by atoms with Crippen LogP contribution in [0.1, 0.15) is 27.6 Å². The Hall–Kier alpha value is -2.95. The summed E-state index contributed by atoms with van der Waals surface area (Å²) in [6.45, 7) is 1.29. The van der Waals surface area contributed by atoms with Gasteiger partial charge in [0.1, 0.15) is 10.6 Å². The predicted octanol–water partition coefficient (Wildman–Crippen LogP) is 2.11. The fraction of sp³-hybridized carbons (Fsp3) is 0.211. The number of imide groups is 1. The first kappa shape index (κ1) is 21.8. The van der Waals surface area contributed by atoms with Crippen LogP contribution in [0, 0.1) is 0 Å². The normalized spacial score (nSPS) is 14.6. The Labute approximate surface area is 177 Å². The highest BCUT2D eigenvalue weighted by atomic mass is 35.5. The number of amides is 2. The summed E-state index contributed by atoms with van der Waals surface area (Å²) in [6.07, 6.45) is -1.34. The van der Waals surface area contributed by atoms with E-state index in [9.17, 15) is 22.8 Å². The number of ether oxygens (including phenoxy) is 1. The zero-order valence-corrected chi connectivity index (χ0v) is 17.7. The Morgan fingerprint density at radius 1 is 1.07 bits per heavy atom. The number of rotatable bonds is 6. The summed E-state index contributed by atoms with van der Waals surface area (Å²) < 4.78 is 31.5. The van der Waals surface area contributed by atoms with Gasteiger partial charge in [-0.25, -0.2) is 17.5 Å². The van der Waals surface area contributed by atoms with Crippen LogP contribution in [-0.4, -0.2) is 55.8 Å². The topological polar surface area (TPSA) is 110 Å². The Morgan fingerprint density at radius 2 is 1.63 bits per heavy atom. The number of halogens is 1. The quantitative estimate of drug-likeness (QED) is 0.617. The van der Waals surface area contributed by atoms with Crippen molar-refractivity contribution >= 4 is 39.4 Å². The monoisotopic (exact) mass is 452 g/mol. The molecular weight excluding hydrogens is 436 g/mol. The number of nitrogens with zero attached hydrogens (tertiary/aromatic N) is 2. The minimum atomic E-state index is -3.92. The zero-order valence-electron chi connectivity index (χ0n) is 16.2. The first-order valence-electron chi connectivity index (χ1n) is 8.62. The first-order valence-corrected chi connectivity index (χ1v) is 10.4. The highest BCUT2D eigenvalue weighted by Gasteiger charge is 2.39. The van der Waals surface area contributed by atoms with Crippen LogP contribution in [0.15, 0.2) is 47.4 Å². The minimum Gasteiger partial charge on any atom is -0.478 e. The standard InChI is InChI=1S/C19H17ClN2O7S/c1-11(28-15-9-8-12(20)10-16(15)30(26,27)21(2)3)19(25)29-22-17(23)13-6-4-5-7-14(13)18(22)24/h4-11H,1-3H3. The predicted molar refractivity (Wildman–Crippen MR) is 105 cm³/mol. The average Bonchev–Trinajstić information content (AvgIpc) is 2.94. The maximum atomic E-state index is 12.5. The summed E-state index contributed by atoms with van der Waals surface area (Å²) in [4.78, 5) is 41.7. The van der Waals surface area contributed by atoms with Gasteiger partial charge in [0, 0.05) is 19.1 Å². The summed E-state index contributed by atoms with van der Waals surface area (Å²) >= 11 is 5.90. The van der Waals surface area contributed by atoms with E-state index in [1.165, 1.54) is 51.4 Å². The minimum absolute atomic E-state index is 0.112. The van der Waals surface area contributed by atoms with E-state index in [0.717, 1.165) is 4.31 Å². The van der Waals surface area contributed by atoms with Crippen molar-refractivity contribution in [3.63, 3.8) is 0 Å². The molecule has 2 aromatic rings. The smallest absolute Gasteiger partial charge is 0.373 e. The van der Waals surface area contributed by atoms with Gasteiger partial charge in [0.15, 0.2) is 6.10 Å². The van der Waals surface area contributed by atoms with Crippen molar-refractivity contribution in [1.29, 1.82) is 0 Å². The maximum absolute atomic E-state index is 12.5. The van der Waals surface area contributed by atoms with Gasteiger partial charge in [-0.2, -0.15) is 0 Å². The van der Waals surface area contributed by atoms with E-state index in [0.29, 0.717) is 5.06 Å². The van der Waals surface area contributed by atoms with Crippen molar-refractivity contribution in [3.8, 4) is 5.75 Å². The second-order valence-electron chi connectivity index (χ2n) is 6.50. The molecule has 0 N–H and O–H groups in total. The van der Waals surface area contributed by atoms with E-state index in [4.69, 9.17) is 21.2 Å². The summed E-state index contributed by atoms with van der Waals surface area (Å²) in [5, 5.41) is 0.510. The molecule has 0 saturated heterocycles. The van der Waals surface area contributed by atoms with Crippen LogP contribution in [0.3, 0.4) is 0 Å². The van der Waals surface area contributed by atoms with Crippen LogP contribution in [-0.2, 0) is 19.7 Å². The van der Waals surface area contributed by atoms with Gasteiger partial charge in [-0.05, 0) is 37.3 Å². The van der Waals surface area contributed by atoms with Gasteiger partial charge in [0.2, 0.25) is 10.0 Å². The number of carbonyl (C=O) groups excluding carboxylic acids is 3. The molecule has 1 heterocycles. The van der Waals surface area contributed by atoms with Crippen LogP contribution < -0.4 is 4.74 Å². The van der Waals surface area contributed by atoms with Gasteiger partial charge in [-0.1, -0.05) is 28.8 Å². The lowest BCUT2D eigenvalue weighted by Gasteiger charge is -2.20. The first-order chi connectivity index (χ1) is 14.0. The van der Waals surface area contributed by atoms with E-state index in [1.807, 2.05) is 0 Å². The highest BCUT2D eigenvalue weighted by Crippen LogP contribution is 2.30. The Morgan fingerprint density at radius 3 is 2.17 bits per heavy atom. The molecule has 2 aromatic carbocycles. The van der Waals surface area contributed by atoms with Gasteiger partial charge in [0.25, 0.3) is 11.8 Å². The van der Waals surface area contributed by atoms with Crippen molar-refractivity contribution in [3.05, 3.63) is 58.6 Å². The second kappa shape index (κ2) is 8.05. The van der Waals surface area contributed by atoms with Crippen molar-refractivity contribution < 1.29 is 32.4 Å². The number of carbonyl (C=O) groups is 3. The van der Waals surface area contributed by atoms with E-state index >= 15 is 0 Å². The summed E-state index contributed by atoms with van der Waals surface area (Å²) in [6, 6.07) is 9.92. The molecule has 0 aromatic heterocycles. The molecule has 30 heavy (non-hydrogen) atoms. The van der Waals surface area contributed by atoms with Crippen LogP contribution in [0.25, 0.3) is 0 Å². The lowest BCUT2D eigenvalue weighted by Crippen LogP contribution is -2.38. The van der Waals surface area contributed by atoms with Crippen LogP contribution in [0.2, 0.25) is 5.02 Å². The molecule has 0 aliphatic carbocycles. The molecule has 11 heteroatoms. The third-order valence-corrected chi connectivity index (χ3v) is 6.31. The molecule has 1 atom stereocenters. The SMILES string of the molecule is CC(Oc1ccc(Cl)cc1S(=O)(=O)N(C)C)C(=O)ON1C(=O)c2ccccc2C1=O. The molecule has 3 rings (SSSR count). The number of hydroxylamine groups is 2. The molecule has 0 fully saturated rings. The van der Waals surface area contributed by atoms with Gasteiger partial charge in [-0.15, -0.1) is 0 Å². The van der Waals surface area contributed by atoms with Crippen molar-refractivity contribution in [2.24, 2.45) is 0 Å². The lowest BCUT2D eigenvalue weighted by molar-refractivity contribution is -0.176. The molecule has 9 nitrogen and oxygen atoms in total. The molecule has 0 bridgehead atoms. The average molecular weight is 453 g/mol. The Kier molecular flexibility index (Phi) is 5.84.